The largest absolute Gasteiger partial charge is 0.353 e. The predicted molar refractivity (Wildman–Crippen MR) is 87.1 cm³/mol. The van der Waals surface area contributed by atoms with E-state index in [2.05, 4.69) is 10.0 Å². The molecule has 0 heterocycles. The summed E-state index contributed by atoms with van der Waals surface area (Å²) in [5, 5.41) is 2.95. The van der Waals surface area contributed by atoms with Gasteiger partial charge in [-0.2, -0.15) is 0 Å². The average molecular weight is 348 g/mol. The molecule has 1 rings (SSSR count). The maximum atomic E-state index is 12.0. The van der Waals surface area contributed by atoms with Crippen LogP contribution in [-0.2, 0) is 14.8 Å². The van der Waals surface area contributed by atoms with Crippen LogP contribution in [0.2, 0.25) is 5.02 Å². The van der Waals surface area contributed by atoms with Crippen molar-refractivity contribution < 1.29 is 13.2 Å². The molecular formula is C14H22ClN3O3S. The molecule has 1 aromatic rings. The fourth-order valence-electron chi connectivity index (χ4n) is 1.59. The van der Waals surface area contributed by atoms with Gasteiger partial charge in [-0.3, -0.25) is 4.79 Å². The summed E-state index contributed by atoms with van der Waals surface area (Å²) in [6.45, 7) is 5.80. The first kappa shape index (κ1) is 18.9. The Labute approximate surface area is 136 Å². The van der Waals surface area contributed by atoms with Gasteiger partial charge in [0.25, 0.3) is 0 Å². The molecule has 0 bridgehead atoms. The van der Waals surface area contributed by atoms with Gasteiger partial charge in [0, 0.05) is 18.1 Å². The smallest absolute Gasteiger partial charge is 0.240 e. The maximum Gasteiger partial charge on any atom is 0.240 e. The molecule has 0 aliphatic heterocycles. The van der Waals surface area contributed by atoms with E-state index in [0.29, 0.717) is 5.02 Å². The molecule has 1 amide bonds. The van der Waals surface area contributed by atoms with Crippen LogP contribution in [0.1, 0.15) is 20.8 Å². The molecule has 124 valence electrons. The summed E-state index contributed by atoms with van der Waals surface area (Å²) >= 11 is 5.77. The monoisotopic (exact) mass is 347 g/mol. The molecule has 0 unspecified atom stereocenters. The number of hydrogen-bond acceptors (Lipinski definition) is 4. The SMILES string of the molecule is CC(C)(C)[C@H](N)C(=O)NCCNS(=O)(=O)c1cccc(Cl)c1. The summed E-state index contributed by atoms with van der Waals surface area (Å²) in [5.41, 5.74) is 5.45. The standard InChI is InChI=1S/C14H22ClN3O3S/c1-14(2,3)12(16)13(19)17-7-8-18-22(20,21)11-6-4-5-10(15)9-11/h4-6,9,12,18H,7-8,16H2,1-3H3,(H,17,19)/t12-/m1/s1. The number of amides is 1. The molecule has 0 radical (unpaired) electrons. The number of benzene rings is 1. The number of hydrogen-bond donors (Lipinski definition) is 3. The van der Waals surface area contributed by atoms with Crippen LogP contribution >= 0.6 is 11.6 Å². The number of halogens is 1. The van der Waals surface area contributed by atoms with E-state index in [4.69, 9.17) is 17.3 Å². The van der Waals surface area contributed by atoms with Crippen molar-refractivity contribution in [3.05, 3.63) is 29.3 Å². The van der Waals surface area contributed by atoms with Crippen molar-refractivity contribution in [2.24, 2.45) is 11.1 Å². The van der Waals surface area contributed by atoms with Crippen molar-refractivity contribution in [1.29, 1.82) is 0 Å². The summed E-state index contributed by atoms with van der Waals surface area (Å²) in [5.74, 6) is -0.311. The summed E-state index contributed by atoms with van der Waals surface area (Å²) < 4.78 is 26.4. The fraction of sp³-hybridized carbons (Fsp3) is 0.500. The van der Waals surface area contributed by atoms with Crippen LogP contribution in [0.5, 0.6) is 0 Å². The molecule has 4 N–H and O–H groups in total. The molecule has 1 atom stereocenters. The molecular weight excluding hydrogens is 326 g/mol. The second-order valence-corrected chi connectivity index (χ2v) is 8.19. The lowest BCUT2D eigenvalue weighted by Gasteiger charge is -2.25. The van der Waals surface area contributed by atoms with Crippen LogP contribution in [0.15, 0.2) is 29.2 Å². The first-order valence-corrected chi connectivity index (χ1v) is 8.68. The molecule has 0 aliphatic rings. The van der Waals surface area contributed by atoms with Crippen LogP contribution in [-0.4, -0.2) is 33.5 Å². The molecule has 8 heteroatoms. The van der Waals surface area contributed by atoms with Gasteiger partial charge in [0.05, 0.1) is 10.9 Å². The van der Waals surface area contributed by atoms with Crippen molar-refractivity contribution in [3.63, 3.8) is 0 Å². The Hall–Kier alpha value is -1.15. The molecule has 0 fully saturated rings. The normalized spacial score (nSPS) is 13.7. The van der Waals surface area contributed by atoms with E-state index in [0.717, 1.165) is 0 Å². The zero-order valence-corrected chi connectivity index (χ0v) is 14.5. The minimum atomic E-state index is -3.65. The van der Waals surface area contributed by atoms with Crippen LogP contribution in [0, 0.1) is 5.41 Å². The Morgan fingerprint density at radius 2 is 1.95 bits per heavy atom. The van der Waals surface area contributed by atoms with Crippen LogP contribution < -0.4 is 15.8 Å². The van der Waals surface area contributed by atoms with Crippen molar-refractivity contribution >= 4 is 27.5 Å². The zero-order chi connectivity index (χ0) is 17.0. The first-order valence-electron chi connectivity index (χ1n) is 6.82. The van der Waals surface area contributed by atoms with E-state index in [1.54, 1.807) is 12.1 Å². The van der Waals surface area contributed by atoms with E-state index in [-0.39, 0.29) is 29.3 Å². The number of carbonyl (C=O) groups is 1. The number of rotatable bonds is 6. The Bertz CT molecular complexity index is 626. The number of sulfonamides is 1. The van der Waals surface area contributed by atoms with Gasteiger partial charge in [0.15, 0.2) is 0 Å². The molecule has 22 heavy (non-hydrogen) atoms. The predicted octanol–water partition coefficient (Wildman–Crippen LogP) is 1.11. The highest BCUT2D eigenvalue weighted by Gasteiger charge is 2.27. The number of carbonyl (C=O) groups excluding carboxylic acids is 1. The molecule has 1 aromatic carbocycles. The number of nitrogens with one attached hydrogen (secondary N) is 2. The summed E-state index contributed by atoms with van der Waals surface area (Å²) in [6, 6.07) is 5.30. The van der Waals surface area contributed by atoms with E-state index in [9.17, 15) is 13.2 Å². The lowest BCUT2D eigenvalue weighted by atomic mass is 9.87. The Kier molecular flexibility index (Phi) is 6.37. The van der Waals surface area contributed by atoms with Gasteiger partial charge in [0.2, 0.25) is 15.9 Å². The highest BCUT2D eigenvalue weighted by molar-refractivity contribution is 7.89. The summed E-state index contributed by atoms with van der Waals surface area (Å²) in [6.07, 6.45) is 0. The second-order valence-electron chi connectivity index (χ2n) is 5.99. The van der Waals surface area contributed by atoms with Crippen molar-refractivity contribution in [1.82, 2.24) is 10.0 Å². The van der Waals surface area contributed by atoms with Gasteiger partial charge < -0.3 is 11.1 Å². The molecule has 0 spiro atoms. The van der Waals surface area contributed by atoms with E-state index in [1.807, 2.05) is 20.8 Å². The van der Waals surface area contributed by atoms with Gasteiger partial charge in [-0.25, -0.2) is 13.1 Å². The average Bonchev–Trinajstić information content (AvgIpc) is 2.41. The summed E-state index contributed by atoms with van der Waals surface area (Å²) in [4.78, 5) is 11.9. The highest BCUT2D eigenvalue weighted by Crippen LogP contribution is 2.17. The molecule has 6 nitrogen and oxygen atoms in total. The van der Waals surface area contributed by atoms with Crippen molar-refractivity contribution in [2.45, 2.75) is 31.7 Å². The quantitative estimate of drug-likeness (QED) is 0.671. The zero-order valence-electron chi connectivity index (χ0n) is 12.9. The fourth-order valence-corrected chi connectivity index (χ4v) is 2.92. The van der Waals surface area contributed by atoms with E-state index < -0.39 is 16.1 Å². The highest BCUT2D eigenvalue weighted by atomic mass is 35.5. The third kappa shape index (κ3) is 5.57. The molecule has 0 aliphatic carbocycles. The maximum absolute atomic E-state index is 12.0. The Morgan fingerprint density at radius 1 is 1.32 bits per heavy atom. The minimum Gasteiger partial charge on any atom is -0.353 e. The molecule has 0 saturated carbocycles. The third-order valence-electron chi connectivity index (χ3n) is 3.04. The van der Waals surface area contributed by atoms with Gasteiger partial charge in [0.1, 0.15) is 0 Å². The Balaban J connectivity index is 2.49. The van der Waals surface area contributed by atoms with Gasteiger partial charge in [-0.05, 0) is 23.6 Å². The minimum absolute atomic E-state index is 0.0669. The lowest BCUT2D eigenvalue weighted by Crippen LogP contribution is -2.49. The summed E-state index contributed by atoms with van der Waals surface area (Å²) in [7, 11) is -3.65. The van der Waals surface area contributed by atoms with Crippen molar-refractivity contribution in [2.75, 3.05) is 13.1 Å². The Morgan fingerprint density at radius 3 is 2.50 bits per heavy atom. The topological polar surface area (TPSA) is 101 Å². The molecule has 0 saturated heterocycles. The van der Waals surface area contributed by atoms with E-state index in [1.165, 1.54) is 12.1 Å². The van der Waals surface area contributed by atoms with Crippen LogP contribution in [0.3, 0.4) is 0 Å². The number of nitrogens with two attached hydrogens (primary N) is 1. The van der Waals surface area contributed by atoms with Gasteiger partial charge >= 0.3 is 0 Å². The van der Waals surface area contributed by atoms with Gasteiger partial charge in [-0.15, -0.1) is 0 Å². The second kappa shape index (κ2) is 7.41. The first-order chi connectivity index (χ1) is 10.0. The third-order valence-corrected chi connectivity index (χ3v) is 4.73. The lowest BCUT2D eigenvalue weighted by molar-refractivity contribution is -0.124. The van der Waals surface area contributed by atoms with Crippen molar-refractivity contribution in [3.8, 4) is 0 Å². The molecule has 0 aromatic heterocycles. The van der Waals surface area contributed by atoms with Crippen LogP contribution in [0.25, 0.3) is 0 Å². The van der Waals surface area contributed by atoms with Gasteiger partial charge in [-0.1, -0.05) is 38.4 Å². The van der Waals surface area contributed by atoms with Crippen LogP contribution in [0.4, 0.5) is 0 Å². The van der Waals surface area contributed by atoms with E-state index >= 15 is 0 Å².